The number of benzene rings is 1. The lowest BCUT2D eigenvalue weighted by Crippen LogP contribution is -1.85. The third-order valence-corrected chi connectivity index (χ3v) is 3.23. The molecule has 0 saturated heterocycles. The summed E-state index contributed by atoms with van der Waals surface area (Å²) < 4.78 is 2.10. The minimum atomic E-state index is 0.275. The van der Waals surface area contributed by atoms with Crippen LogP contribution in [0.5, 0.6) is 0 Å². The molecule has 4 heteroatoms. The van der Waals surface area contributed by atoms with Gasteiger partial charge in [-0.05, 0) is 36.2 Å². The van der Waals surface area contributed by atoms with E-state index >= 15 is 0 Å². The smallest absolute Gasteiger partial charge is 0.222 e. The quantitative estimate of drug-likeness (QED) is 0.611. The first-order chi connectivity index (χ1) is 9.65. The van der Waals surface area contributed by atoms with Crippen LogP contribution in [-0.4, -0.2) is 14.5 Å². The molecule has 0 N–H and O–H groups in total. The van der Waals surface area contributed by atoms with Gasteiger partial charge in [0.25, 0.3) is 0 Å². The standard InChI is InChI=1S/C14H12ClN3.C2H6/c1-9-3-4-10-11(8-18(2)13(10)7-9)12-5-6-16-14(15)17-12;1-2/h3-8H,1-2H3;1-2H3. The van der Waals surface area contributed by atoms with E-state index in [2.05, 4.69) is 45.9 Å². The molecule has 0 aliphatic heterocycles. The van der Waals surface area contributed by atoms with E-state index < -0.39 is 0 Å². The first kappa shape index (κ1) is 14.5. The van der Waals surface area contributed by atoms with Crippen LogP contribution in [0.1, 0.15) is 19.4 Å². The van der Waals surface area contributed by atoms with Crippen molar-refractivity contribution >= 4 is 22.5 Å². The molecule has 0 amide bonds. The van der Waals surface area contributed by atoms with Crippen molar-refractivity contribution in [1.29, 1.82) is 0 Å². The monoisotopic (exact) mass is 287 g/mol. The fourth-order valence-electron chi connectivity index (χ4n) is 2.18. The van der Waals surface area contributed by atoms with Crippen molar-refractivity contribution in [3.05, 3.63) is 47.5 Å². The second-order valence-corrected chi connectivity index (χ2v) is 4.72. The van der Waals surface area contributed by atoms with Crippen LogP contribution in [0.2, 0.25) is 5.28 Å². The lowest BCUT2D eigenvalue weighted by atomic mass is 10.1. The summed E-state index contributed by atoms with van der Waals surface area (Å²) in [5.74, 6) is 0. The topological polar surface area (TPSA) is 30.7 Å². The van der Waals surface area contributed by atoms with E-state index in [1.54, 1.807) is 6.20 Å². The van der Waals surface area contributed by atoms with Crippen LogP contribution in [0.25, 0.3) is 22.2 Å². The van der Waals surface area contributed by atoms with Gasteiger partial charge in [-0.15, -0.1) is 0 Å². The zero-order valence-corrected chi connectivity index (χ0v) is 12.9. The molecule has 2 aromatic heterocycles. The molecule has 0 aliphatic carbocycles. The Morgan fingerprint density at radius 2 is 1.90 bits per heavy atom. The van der Waals surface area contributed by atoms with Crippen molar-refractivity contribution in [2.75, 3.05) is 0 Å². The number of halogens is 1. The Morgan fingerprint density at radius 1 is 1.15 bits per heavy atom. The summed E-state index contributed by atoms with van der Waals surface area (Å²) in [6.07, 6.45) is 3.75. The Bertz CT molecular complexity index is 732. The van der Waals surface area contributed by atoms with E-state index in [0.717, 1.165) is 11.3 Å². The maximum Gasteiger partial charge on any atom is 0.222 e. The molecular formula is C16H18ClN3. The zero-order chi connectivity index (χ0) is 14.7. The van der Waals surface area contributed by atoms with Gasteiger partial charge < -0.3 is 4.57 Å². The fourth-order valence-corrected chi connectivity index (χ4v) is 2.33. The van der Waals surface area contributed by atoms with Crippen LogP contribution in [-0.2, 0) is 7.05 Å². The van der Waals surface area contributed by atoms with Gasteiger partial charge in [0.05, 0.1) is 5.69 Å². The predicted molar refractivity (Wildman–Crippen MR) is 85.0 cm³/mol. The molecule has 2 heterocycles. The van der Waals surface area contributed by atoms with E-state index in [1.165, 1.54) is 16.5 Å². The fraction of sp³-hybridized carbons (Fsp3) is 0.250. The van der Waals surface area contributed by atoms with E-state index in [4.69, 9.17) is 11.6 Å². The van der Waals surface area contributed by atoms with E-state index in [9.17, 15) is 0 Å². The molecule has 0 bridgehead atoms. The highest BCUT2D eigenvalue weighted by Gasteiger charge is 2.10. The van der Waals surface area contributed by atoms with Crippen molar-refractivity contribution in [3.63, 3.8) is 0 Å². The van der Waals surface area contributed by atoms with Gasteiger partial charge in [-0.1, -0.05) is 26.0 Å². The summed E-state index contributed by atoms with van der Waals surface area (Å²) in [5, 5.41) is 1.45. The lowest BCUT2D eigenvalue weighted by molar-refractivity contribution is 0.968. The number of fused-ring (bicyclic) bond motifs is 1. The molecule has 0 spiro atoms. The van der Waals surface area contributed by atoms with Gasteiger partial charge in [0, 0.05) is 35.9 Å². The molecule has 3 aromatic rings. The molecule has 0 fully saturated rings. The van der Waals surface area contributed by atoms with Gasteiger partial charge in [0.15, 0.2) is 0 Å². The Kier molecular flexibility index (Phi) is 4.40. The number of rotatable bonds is 1. The predicted octanol–water partition coefficient (Wildman–Crippen LogP) is 4.62. The molecule has 20 heavy (non-hydrogen) atoms. The summed E-state index contributed by atoms with van der Waals surface area (Å²) >= 11 is 5.85. The maximum atomic E-state index is 5.85. The van der Waals surface area contributed by atoms with Gasteiger partial charge in [-0.25, -0.2) is 9.97 Å². The second-order valence-electron chi connectivity index (χ2n) is 4.39. The number of aromatic nitrogens is 3. The number of aryl methyl sites for hydroxylation is 2. The van der Waals surface area contributed by atoms with E-state index in [-0.39, 0.29) is 5.28 Å². The van der Waals surface area contributed by atoms with Gasteiger partial charge in [0.2, 0.25) is 5.28 Å². The normalized spacial score (nSPS) is 10.2. The van der Waals surface area contributed by atoms with Crippen molar-refractivity contribution in [1.82, 2.24) is 14.5 Å². The summed E-state index contributed by atoms with van der Waals surface area (Å²) in [4.78, 5) is 8.18. The van der Waals surface area contributed by atoms with Crippen LogP contribution in [0.3, 0.4) is 0 Å². The van der Waals surface area contributed by atoms with Gasteiger partial charge >= 0.3 is 0 Å². The molecule has 0 aliphatic rings. The highest BCUT2D eigenvalue weighted by Crippen LogP contribution is 2.29. The Morgan fingerprint density at radius 3 is 2.60 bits per heavy atom. The SMILES string of the molecule is CC.Cc1ccc2c(-c3ccnc(Cl)n3)cn(C)c2c1. The molecule has 3 rings (SSSR count). The van der Waals surface area contributed by atoms with E-state index in [0.29, 0.717) is 0 Å². The van der Waals surface area contributed by atoms with Crippen LogP contribution < -0.4 is 0 Å². The van der Waals surface area contributed by atoms with E-state index in [1.807, 2.05) is 27.0 Å². The molecular weight excluding hydrogens is 270 g/mol. The van der Waals surface area contributed by atoms with Crippen molar-refractivity contribution < 1.29 is 0 Å². The van der Waals surface area contributed by atoms with Gasteiger partial charge in [-0.2, -0.15) is 0 Å². The van der Waals surface area contributed by atoms with Crippen LogP contribution in [0, 0.1) is 6.92 Å². The molecule has 0 radical (unpaired) electrons. The van der Waals surface area contributed by atoms with Crippen molar-refractivity contribution in [2.45, 2.75) is 20.8 Å². The third-order valence-electron chi connectivity index (χ3n) is 3.05. The minimum Gasteiger partial charge on any atom is -0.350 e. The summed E-state index contributed by atoms with van der Waals surface area (Å²) in [7, 11) is 2.04. The highest BCUT2D eigenvalue weighted by molar-refractivity contribution is 6.28. The molecule has 104 valence electrons. The highest BCUT2D eigenvalue weighted by atomic mass is 35.5. The van der Waals surface area contributed by atoms with Crippen LogP contribution in [0.15, 0.2) is 36.7 Å². The molecule has 3 nitrogen and oxygen atoms in total. The first-order valence-corrected chi connectivity index (χ1v) is 7.07. The summed E-state index contributed by atoms with van der Waals surface area (Å²) in [6, 6.07) is 8.27. The largest absolute Gasteiger partial charge is 0.350 e. The Hall–Kier alpha value is -1.87. The maximum absolute atomic E-state index is 5.85. The van der Waals surface area contributed by atoms with Gasteiger partial charge in [-0.3, -0.25) is 0 Å². The number of hydrogen-bond donors (Lipinski definition) is 0. The Labute approximate surface area is 124 Å². The third kappa shape index (κ3) is 2.68. The lowest BCUT2D eigenvalue weighted by Gasteiger charge is -1.99. The first-order valence-electron chi connectivity index (χ1n) is 6.70. The minimum absolute atomic E-state index is 0.275. The average molecular weight is 288 g/mol. The molecule has 1 aromatic carbocycles. The van der Waals surface area contributed by atoms with Crippen molar-refractivity contribution in [2.24, 2.45) is 7.05 Å². The summed E-state index contributed by atoms with van der Waals surface area (Å²) in [5.41, 5.74) is 4.37. The number of hydrogen-bond acceptors (Lipinski definition) is 2. The van der Waals surface area contributed by atoms with Gasteiger partial charge in [0.1, 0.15) is 0 Å². The summed E-state index contributed by atoms with van der Waals surface area (Å²) in [6.45, 7) is 6.09. The molecule has 0 atom stereocenters. The van der Waals surface area contributed by atoms with Crippen molar-refractivity contribution in [3.8, 4) is 11.3 Å². The second kappa shape index (κ2) is 6.06. The zero-order valence-electron chi connectivity index (χ0n) is 12.2. The van der Waals surface area contributed by atoms with Crippen LogP contribution >= 0.6 is 11.6 Å². The Balaban J connectivity index is 0.000000704. The average Bonchev–Trinajstić information content (AvgIpc) is 2.78. The molecule has 0 saturated carbocycles. The number of nitrogens with zero attached hydrogens (tertiary/aromatic N) is 3. The molecule has 0 unspecified atom stereocenters. The van der Waals surface area contributed by atoms with Crippen LogP contribution in [0.4, 0.5) is 0 Å².